The Bertz CT molecular complexity index is 616. The Hall–Kier alpha value is -2.40. The van der Waals surface area contributed by atoms with Crippen LogP contribution in [0.25, 0.3) is 0 Å². The molecule has 2 rings (SSSR count). The Kier molecular flexibility index (Phi) is 5.49. The van der Waals surface area contributed by atoms with Crippen molar-refractivity contribution >= 4 is 5.91 Å². The van der Waals surface area contributed by atoms with Gasteiger partial charge in [-0.25, -0.2) is 4.39 Å². The maximum atomic E-state index is 13.6. The summed E-state index contributed by atoms with van der Waals surface area (Å²) in [5, 5.41) is 12.0. The number of hydrogen-bond acceptors (Lipinski definition) is 3. The summed E-state index contributed by atoms with van der Waals surface area (Å²) < 4.78 is 19.0. The van der Waals surface area contributed by atoms with Crippen molar-refractivity contribution in [3.05, 3.63) is 66.0 Å². The van der Waals surface area contributed by atoms with Gasteiger partial charge in [0, 0.05) is 0 Å². The minimum Gasteiger partial charge on any atom is -0.488 e. The van der Waals surface area contributed by atoms with E-state index in [4.69, 9.17) is 4.74 Å². The topological polar surface area (TPSA) is 58.6 Å². The van der Waals surface area contributed by atoms with E-state index in [-0.39, 0.29) is 12.4 Å². The van der Waals surface area contributed by atoms with Crippen LogP contribution in [-0.2, 0) is 4.79 Å². The van der Waals surface area contributed by atoms with Gasteiger partial charge in [0.2, 0.25) is 5.91 Å². The first-order valence-corrected chi connectivity index (χ1v) is 6.98. The summed E-state index contributed by atoms with van der Waals surface area (Å²) in [6, 6.07) is 14.8. The summed E-state index contributed by atoms with van der Waals surface area (Å²) in [5.74, 6) is -0.850. The minimum atomic E-state index is -1.13. The molecule has 0 heterocycles. The van der Waals surface area contributed by atoms with E-state index in [2.05, 4.69) is 5.32 Å². The molecule has 0 aliphatic carbocycles. The van der Waals surface area contributed by atoms with Crippen LogP contribution >= 0.6 is 0 Å². The number of amides is 1. The van der Waals surface area contributed by atoms with Gasteiger partial charge in [-0.3, -0.25) is 4.79 Å². The van der Waals surface area contributed by atoms with Crippen LogP contribution in [-0.4, -0.2) is 23.7 Å². The van der Waals surface area contributed by atoms with Crippen molar-refractivity contribution in [3.8, 4) is 5.75 Å². The third-order valence-electron chi connectivity index (χ3n) is 3.14. The van der Waals surface area contributed by atoms with Crippen molar-refractivity contribution in [3.63, 3.8) is 0 Å². The standard InChI is InChI=1S/C17H18FNO3/c1-12(20)17(21)19-15(13-7-3-2-4-8-13)11-22-16-10-6-5-9-14(16)18/h2-10,12,15,20H,11H2,1H3,(H,19,21). The molecular weight excluding hydrogens is 285 g/mol. The molecule has 2 N–H and O–H groups in total. The lowest BCUT2D eigenvalue weighted by Gasteiger charge is -2.20. The van der Waals surface area contributed by atoms with Crippen molar-refractivity contribution in [2.75, 3.05) is 6.61 Å². The molecule has 22 heavy (non-hydrogen) atoms. The maximum absolute atomic E-state index is 13.6. The quantitative estimate of drug-likeness (QED) is 0.862. The van der Waals surface area contributed by atoms with Crippen LogP contribution in [0, 0.1) is 5.82 Å². The van der Waals surface area contributed by atoms with Crippen molar-refractivity contribution in [2.24, 2.45) is 0 Å². The van der Waals surface area contributed by atoms with Crippen LogP contribution in [0.5, 0.6) is 5.75 Å². The van der Waals surface area contributed by atoms with Crippen LogP contribution in [0.1, 0.15) is 18.5 Å². The molecule has 0 saturated carbocycles. The van der Waals surface area contributed by atoms with Crippen LogP contribution in [0.2, 0.25) is 0 Å². The molecule has 2 aromatic rings. The van der Waals surface area contributed by atoms with Crippen LogP contribution in [0.15, 0.2) is 54.6 Å². The third kappa shape index (κ3) is 4.30. The molecule has 0 aliphatic rings. The predicted octanol–water partition coefficient (Wildman–Crippen LogP) is 2.44. The van der Waals surface area contributed by atoms with Crippen molar-refractivity contribution < 1.29 is 19.0 Å². The second-order valence-electron chi connectivity index (χ2n) is 4.89. The molecule has 0 radical (unpaired) electrons. The highest BCUT2D eigenvalue weighted by atomic mass is 19.1. The number of halogens is 1. The Labute approximate surface area is 128 Å². The van der Waals surface area contributed by atoms with Crippen LogP contribution in [0.3, 0.4) is 0 Å². The van der Waals surface area contributed by atoms with Gasteiger partial charge >= 0.3 is 0 Å². The molecule has 116 valence electrons. The fraction of sp³-hybridized carbons (Fsp3) is 0.235. The van der Waals surface area contributed by atoms with Gasteiger partial charge in [0.25, 0.3) is 0 Å². The first kappa shape index (κ1) is 16.0. The van der Waals surface area contributed by atoms with Crippen molar-refractivity contribution in [2.45, 2.75) is 19.1 Å². The number of para-hydroxylation sites is 1. The minimum absolute atomic E-state index is 0.0589. The lowest BCUT2D eigenvalue weighted by atomic mass is 10.1. The number of hydrogen-bond donors (Lipinski definition) is 2. The molecule has 1 amide bonds. The zero-order chi connectivity index (χ0) is 15.9. The molecule has 2 atom stereocenters. The molecule has 4 nitrogen and oxygen atoms in total. The molecule has 0 aromatic heterocycles. The molecule has 0 spiro atoms. The van der Waals surface area contributed by atoms with Crippen molar-refractivity contribution in [1.82, 2.24) is 5.32 Å². The summed E-state index contributed by atoms with van der Waals surface area (Å²) in [4.78, 5) is 11.7. The first-order valence-electron chi connectivity index (χ1n) is 6.98. The fourth-order valence-electron chi connectivity index (χ4n) is 1.93. The summed E-state index contributed by atoms with van der Waals surface area (Å²) in [5.41, 5.74) is 0.813. The summed E-state index contributed by atoms with van der Waals surface area (Å²) in [6.45, 7) is 1.44. The largest absolute Gasteiger partial charge is 0.488 e. The maximum Gasteiger partial charge on any atom is 0.249 e. The van der Waals surface area contributed by atoms with Crippen LogP contribution < -0.4 is 10.1 Å². The number of ether oxygens (including phenoxy) is 1. The lowest BCUT2D eigenvalue weighted by Crippen LogP contribution is -2.38. The number of carbonyl (C=O) groups excluding carboxylic acids is 1. The Balaban J connectivity index is 2.11. The second-order valence-corrected chi connectivity index (χ2v) is 4.89. The van der Waals surface area contributed by atoms with Crippen LogP contribution in [0.4, 0.5) is 4.39 Å². The van der Waals surface area contributed by atoms with E-state index in [0.29, 0.717) is 0 Å². The van der Waals surface area contributed by atoms with E-state index in [1.54, 1.807) is 12.1 Å². The highest BCUT2D eigenvalue weighted by Crippen LogP contribution is 2.19. The lowest BCUT2D eigenvalue weighted by molar-refractivity contribution is -0.129. The number of rotatable bonds is 6. The van der Waals surface area contributed by atoms with Crippen molar-refractivity contribution in [1.29, 1.82) is 0 Å². The van der Waals surface area contributed by atoms with Gasteiger partial charge in [-0.2, -0.15) is 0 Å². The summed E-state index contributed by atoms with van der Waals surface area (Å²) >= 11 is 0. The number of benzene rings is 2. The van der Waals surface area contributed by atoms with Gasteiger partial charge in [-0.15, -0.1) is 0 Å². The van der Waals surface area contributed by atoms with Gasteiger partial charge in [-0.05, 0) is 24.6 Å². The highest BCUT2D eigenvalue weighted by molar-refractivity contribution is 5.80. The third-order valence-corrected chi connectivity index (χ3v) is 3.14. The Morgan fingerprint density at radius 1 is 1.18 bits per heavy atom. The number of aliphatic hydroxyl groups is 1. The predicted molar refractivity (Wildman–Crippen MR) is 80.9 cm³/mol. The Morgan fingerprint density at radius 2 is 1.82 bits per heavy atom. The van der Waals surface area contributed by atoms with E-state index in [9.17, 15) is 14.3 Å². The molecule has 2 unspecified atom stereocenters. The molecule has 0 fully saturated rings. The number of aliphatic hydroxyl groups excluding tert-OH is 1. The van der Waals surface area contributed by atoms with Gasteiger partial charge in [0.15, 0.2) is 11.6 Å². The van der Waals surface area contributed by atoms with E-state index in [1.807, 2.05) is 30.3 Å². The average Bonchev–Trinajstić information content (AvgIpc) is 2.53. The molecular formula is C17H18FNO3. The number of nitrogens with one attached hydrogen (secondary N) is 1. The van der Waals surface area contributed by atoms with E-state index in [1.165, 1.54) is 19.1 Å². The smallest absolute Gasteiger partial charge is 0.249 e. The Morgan fingerprint density at radius 3 is 2.45 bits per heavy atom. The summed E-state index contributed by atoms with van der Waals surface area (Å²) in [6.07, 6.45) is -1.13. The molecule has 2 aromatic carbocycles. The normalized spacial score (nSPS) is 13.2. The molecule has 5 heteroatoms. The fourth-order valence-corrected chi connectivity index (χ4v) is 1.93. The molecule has 0 saturated heterocycles. The van der Waals surface area contributed by atoms with Gasteiger partial charge in [0.1, 0.15) is 12.7 Å². The SMILES string of the molecule is CC(O)C(=O)NC(COc1ccccc1F)c1ccccc1. The van der Waals surface area contributed by atoms with Gasteiger partial charge < -0.3 is 15.2 Å². The van der Waals surface area contributed by atoms with Gasteiger partial charge in [-0.1, -0.05) is 42.5 Å². The molecule has 0 aliphatic heterocycles. The van der Waals surface area contributed by atoms with E-state index in [0.717, 1.165) is 5.56 Å². The second kappa shape index (κ2) is 7.56. The van der Waals surface area contributed by atoms with E-state index >= 15 is 0 Å². The molecule has 0 bridgehead atoms. The first-order chi connectivity index (χ1) is 10.6. The van der Waals surface area contributed by atoms with Gasteiger partial charge in [0.05, 0.1) is 6.04 Å². The number of carbonyl (C=O) groups is 1. The van der Waals surface area contributed by atoms with E-state index < -0.39 is 23.9 Å². The average molecular weight is 303 g/mol. The zero-order valence-electron chi connectivity index (χ0n) is 12.2. The zero-order valence-corrected chi connectivity index (χ0v) is 12.2. The highest BCUT2D eigenvalue weighted by Gasteiger charge is 2.18. The summed E-state index contributed by atoms with van der Waals surface area (Å²) in [7, 11) is 0. The monoisotopic (exact) mass is 303 g/mol.